The quantitative estimate of drug-likeness (QED) is 0.440. The number of sulfonamides is 1. The van der Waals surface area contributed by atoms with Gasteiger partial charge < -0.3 is 4.90 Å². The second kappa shape index (κ2) is 8.65. The molecule has 1 saturated heterocycles. The molecule has 33 heavy (non-hydrogen) atoms. The van der Waals surface area contributed by atoms with Crippen molar-refractivity contribution in [3.05, 3.63) is 70.5 Å². The van der Waals surface area contributed by atoms with Gasteiger partial charge in [0.2, 0.25) is 10.0 Å². The van der Waals surface area contributed by atoms with Crippen molar-refractivity contribution < 1.29 is 8.42 Å². The first kappa shape index (κ1) is 21.7. The van der Waals surface area contributed by atoms with Gasteiger partial charge in [0.25, 0.3) is 5.56 Å². The molecule has 0 radical (unpaired) electrons. The Morgan fingerprint density at radius 3 is 2.55 bits per heavy atom. The van der Waals surface area contributed by atoms with Crippen molar-refractivity contribution in [3.8, 4) is 5.69 Å². The summed E-state index contributed by atoms with van der Waals surface area (Å²) in [4.78, 5) is 14.6. The molecule has 170 valence electrons. The minimum Gasteiger partial charge on any atom is -0.354 e. The van der Waals surface area contributed by atoms with Crippen LogP contribution in [-0.4, -0.2) is 57.4 Å². The zero-order valence-electron chi connectivity index (χ0n) is 18.0. The second-order valence-corrected chi connectivity index (χ2v) is 10.3. The number of rotatable bonds is 4. The van der Waals surface area contributed by atoms with Crippen molar-refractivity contribution in [2.24, 2.45) is 0 Å². The van der Waals surface area contributed by atoms with E-state index in [2.05, 4.69) is 13.8 Å². The third-order valence-corrected chi connectivity index (χ3v) is 8.18. The Bertz CT molecular complexity index is 1460. The van der Waals surface area contributed by atoms with Gasteiger partial charge in [0.1, 0.15) is 21.7 Å². The minimum absolute atomic E-state index is 0.188. The Morgan fingerprint density at radius 1 is 0.909 bits per heavy atom. The summed E-state index contributed by atoms with van der Waals surface area (Å²) in [5.74, 6) is 0.639. The first-order valence-corrected chi connectivity index (χ1v) is 12.7. The fraction of sp³-hybridized carbons (Fsp3) is 0.273. The van der Waals surface area contributed by atoms with Gasteiger partial charge in [-0.3, -0.25) is 4.79 Å². The third-order valence-electron chi connectivity index (χ3n) is 5.71. The largest absolute Gasteiger partial charge is 0.354 e. The van der Waals surface area contributed by atoms with Gasteiger partial charge in [-0.1, -0.05) is 23.8 Å². The molecule has 0 saturated carbocycles. The molecule has 0 amide bonds. The maximum absolute atomic E-state index is 13.4. The lowest BCUT2D eigenvalue weighted by Crippen LogP contribution is -2.36. The van der Waals surface area contributed by atoms with Crippen molar-refractivity contribution in [2.45, 2.75) is 18.2 Å². The van der Waals surface area contributed by atoms with E-state index in [1.165, 1.54) is 15.1 Å². The summed E-state index contributed by atoms with van der Waals surface area (Å²) < 4.78 is 38.0. The smallest absolute Gasteiger partial charge is 0.271 e. The fourth-order valence-corrected chi connectivity index (χ4v) is 6.16. The lowest BCUT2D eigenvalue weighted by Gasteiger charge is -2.23. The molecule has 1 aliphatic heterocycles. The van der Waals surface area contributed by atoms with Gasteiger partial charge >= 0.3 is 0 Å². The van der Waals surface area contributed by atoms with Crippen LogP contribution in [0.5, 0.6) is 0 Å². The highest BCUT2D eigenvalue weighted by Crippen LogP contribution is 2.25. The number of nitrogens with zero attached hydrogens (tertiary/aromatic N) is 6. The van der Waals surface area contributed by atoms with E-state index in [0.29, 0.717) is 55.1 Å². The Morgan fingerprint density at radius 2 is 1.73 bits per heavy atom. The summed E-state index contributed by atoms with van der Waals surface area (Å²) in [7, 11) is -3.71. The van der Waals surface area contributed by atoms with E-state index in [0.717, 1.165) is 17.3 Å². The fourth-order valence-electron chi connectivity index (χ4n) is 3.93. The van der Waals surface area contributed by atoms with E-state index in [4.69, 9.17) is 0 Å². The normalized spacial score (nSPS) is 15.6. The van der Waals surface area contributed by atoms with E-state index in [1.54, 1.807) is 24.3 Å². The molecule has 3 heterocycles. The SMILES string of the molecule is Cc1ccc(-n2nc(N3CCCN(S(=O)(=O)c4cccc5nsnc45)CC3)ccc2=O)cc1. The molecular formula is C22H22N6O3S2. The molecule has 2 aromatic heterocycles. The van der Waals surface area contributed by atoms with Gasteiger partial charge in [-0.25, -0.2) is 8.42 Å². The molecule has 1 aliphatic rings. The zero-order chi connectivity index (χ0) is 23.0. The van der Waals surface area contributed by atoms with E-state index in [-0.39, 0.29) is 10.5 Å². The van der Waals surface area contributed by atoms with Crippen LogP contribution in [0.2, 0.25) is 0 Å². The van der Waals surface area contributed by atoms with Crippen LogP contribution in [-0.2, 0) is 10.0 Å². The Labute approximate surface area is 195 Å². The maximum atomic E-state index is 13.4. The van der Waals surface area contributed by atoms with Crippen LogP contribution < -0.4 is 10.5 Å². The summed E-state index contributed by atoms with van der Waals surface area (Å²) in [5, 5.41) is 4.56. The van der Waals surface area contributed by atoms with Gasteiger partial charge in [0.05, 0.1) is 17.4 Å². The molecule has 0 aliphatic carbocycles. The van der Waals surface area contributed by atoms with E-state index in [1.807, 2.05) is 36.1 Å². The van der Waals surface area contributed by atoms with Gasteiger partial charge in [-0.15, -0.1) is 5.10 Å². The summed E-state index contributed by atoms with van der Waals surface area (Å²) in [6, 6.07) is 15.8. The summed E-state index contributed by atoms with van der Waals surface area (Å²) in [6.07, 6.45) is 0.635. The maximum Gasteiger partial charge on any atom is 0.271 e. The predicted molar refractivity (Wildman–Crippen MR) is 128 cm³/mol. The number of hydrogen-bond donors (Lipinski definition) is 0. The summed E-state index contributed by atoms with van der Waals surface area (Å²) >= 11 is 1.01. The molecule has 0 spiro atoms. The van der Waals surface area contributed by atoms with E-state index in [9.17, 15) is 13.2 Å². The number of aryl methyl sites for hydroxylation is 1. The Hall–Kier alpha value is -3.15. The predicted octanol–water partition coefficient (Wildman–Crippen LogP) is 2.45. The summed E-state index contributed by atoms with van der Waals surface area (Å²) in [6.45, 7) is 3.78. The molecule has 0 N–H and O–H groups in total. The lowest BCUT2D eigenvalue weighted by atomic mass is 10.2. The van der Waals surface area contributed by atoms with Crippen molar-refractivity contribution >= 4 is 38.6 Å². The van der Waals surface area contributed by atoms with Crippen molar-refractivity contribution in [2.75, 3.05) is 31.1 Å². The van der Waals surface area contributed by atoms with Crippen LogP contribution in [0.1, 0.15) is 12.0 Å². The molecule has 9 nitrogen and oxygen atoms in total. The topological polar surface area (TPSA) is 101 Å². The standard InChI is InChI=1S/C22H22N6O3S2/c1-16-6-8-17(9-7-16)28-21(29)11-10-20(23-28)26-12-3-13-27(15-14-26)33(30,31)19-5-2-4-18-22(19)25-32-24-18/h2,4-11H,3,12-15H2,1H3. The molecule has 2 aromatic carbocycles. The van der Waals surface area contributed by atoms with E-state index >= 15 is 0 Å². The molecule has 0 unspecified atom stereocenters. The average molecular weight is 483 g/mol. The summed E-state index contributed by atoms with van der Waals surface area (Å²) in [5.41, 5.74) is 2.57. The highest BCUT2D eigenvalue weighted by atomic mass is 32.2. The number of hydrogen-bond acceptors (Lipinski definition) is 8. The third kappa shape index (κ3) is 4.14. The van der Waals surface area contributed by atoms with Gasteiger partial charge in [0.15, 0.2) is 0 Å². The number of fused-ring (bicyclic) bond motifs is 1. The van der Waals surface area contributed by atoms with Crippen LogP contribution in [0.25, 0.3) is 16.7 Å². The minimum atomic E-state index is -3.71. The van der Waals surface area contributed by atoms with Crippen LogP contribution in [0.3, 0.4) is 0 Å². The highest BCUT2D eigenvalue weighted by Gasteiger charge is 2.29. The van der Waals surface area contributed by atoms with Gasteiger partial charge in [-0.05, 0) is 43.7 Å². The second-order valence-electron chi connectivity index (χ2n) is 7.91. The molecule has 0 bridgehead atoms. The Balaban J connectivity index is 1.40. The molecule has 0 atom stereocenters. The Kier molecular flexibility index (Phi) is 5.69. The molecular weight excluding hydrogens is 460 g/mol. The monoisotopic (exact) mass is 482 g/mol. The van der Waals surface area contributed by atoms with Gasteiger partial charge in [-0.2, -0.15) is 17.7 Å². The number of benzene rings is 2. The zero-order valence-corrected chi connectivity index (χ0v) is 19.6. The molecule has 5 rings (SSSR count). The van der Waals surface area contributed by atoms with Gasteiger partial charge in [0, 0.05) is 32.2 Å². The number of aromatic nitrogens is 4. The van der Waals surface area contributed by atoms with Crippen molar-refractivity contribution in [1.82, 2.24) is 22.8 Å². The highest BCUT2D eigenvalue weighted by molar-refractivity contribution is 7.89. The lowest BCUT2D eigenvalue weighted by molar-refractivity contribution is 0.433. The molecule has 11 heteroatoms. The van der Waals surface area contributed by atoms with Crippen LogP contribution in [0.15, 0.2) is 64.3 Å². The first-order valence-electron chi connectivity index (χ1n) is 10.6. The number of anilines is 1. The first-order chi connectivity index (χ1) is 15.9. The van der Waals surface area contributed by atoms with Crippen LogP contribution in [0, 0.1) is 6.92 Å². The molecule has 1 fully saturated rings. The van der Waals surface area contributed by atoms with Crippen molar-refractivity contribution in [1.29, 1.82) is 0 Å². The van der Waals surface area contributed by atoms with Crippen molar-refractivity contribution in [3.63, 3.8) is 0 Å². The van der Waals surface area contributed by atoms with Crippen LogP contribution >= 0.6 is 11.7 Å². The molecule has 4 aromatic rings. The van der Waals surface area contributed by atoms with Crippen LogP contribution in [0.4, 0.5) is 5.82 Å². The van der Waals surface area contributed by atoms with E-state index < -0.39 is 10.0 Å². The average Bonchev–Trinajstić information content (AvgIpc) is 3.15.